The molecule has 3 aromatic heterocycles. The number of H-pyrrole nitrogens is 1. The molecular formula is C30H27N5O3. The van der Waals surface area contributed by atoms with E-state index in [2.05, 4.69) is 33.7 Å². The van der Waals surface area contributed by atoms with E-state index in [9.17, 15) is 0 Å². The molecule has 0 spiro atoms. The van der Waals surface area contributed by atoms with Crippen molar-refractivity contribution in [2.24, 2.45) is 0 Å². The third kappa shape index (κ3) is 3.91. The first-order valence-electron chi connectivity index (χ1n) is 12.3. The molecule has 0 saturated heterocycles. The van der Waals surface area contributed by atoms with E-state index in [4.69, 9.17) is 24.0 Å². The van der Waals surface area contributed by atoms with E-state index in [0.717, 1.165) is 67.1 Å². The van der Waals surface area contributed by atoms with Gasteiger partial charge in [0.1, 0.15) is 34.5 Å². The highest BCUT2D eigenvalue weighted by Crippen LogP contribution is 2.42. The molecule has 0 atom stereocenters. The monoisotopic (exact) mass is 505 g/mol. The Morgan fingerprint density at radius 2 is 1.68 bits per heavy atom. The Morgan fingerprint density at radius 1 is 0.868 bits per heavy atom. The minimum Gasteiger partial charge on any atom is -0.497 e. The standard InChI is InChI=1S/C30H27N5O3/c1-16-27(17(2)38-35-16)23-14-25-22(15-26(23)37-5)28-29(31-18(3)32-30(28)34-25)33-24-12-11-20(36-4)13-21(24)19-9-7-6-8-10-19/h6-15H,1-5H3,(H2,31,32,33,34). The zero-order chi connectivity index (χ0) is 26.4. The van der Waals surface area contributed by atoms with Crippen molar-refractivity contribution in [1.82, 2.24) is 20.1 Å². The minimum absolute atomic E-state index is 0.652. The first-order valence-corrected chi connectivity index (χ1v) is 12.3. The maximum Gasteiger partial charge on any atom is 0.144 e. The summed E-state index contributed by atoms with van der Waals surface area (Å²) in [4.78, 5) is 13.0. The molecule has 0 aliphatic carbocycles. The van der Waals surface area contributed by atoms with Crippen LogP contribution in [0.1, 0.15) is 17.3 Å². The number of ether oxygens (including phenoxy) is 2. The second-order valence-electron chi connectivity index (χ2n) is 9.17. The predicted molar refractivity (Wildman–Crippen MR) is 149 cm³/mol. The summed E-state index contributed by atoms with van der Waals surface area (Å²) in [7, 11) is 3.34. The molecule has 0 bridgehead atoms. The van der Waals surface area contributed by atoms with Crippen LogP contribution in [0.3, 0.4) is 0 Å². The molecule has 2 N–H and O–H groups in total. The number of hydrogen-bond acceptors (Lipinski definition) is 7. The van der Waals surface area contributed by atoms with Crippen molar-refractivity contribution in [3.8, 4) is 33.8 Å². The molecule has 0 fully saturated rings. The SMILES string of the molecule is COc1ccc(Nc2nc(C)nc3[nH]c4cc(-c5c(C)noc5C)c(OC)cc4c23)c(-c2ccccc2)c1. The number of aromatic nitrogens is 4. The zero-order valence-corrected chi connectivity index (χ0v) is 21.8. The number of rotatable bonds is 6. The molecule has 190 valence electrons. The summed E-state index contributed by atoms with van der Waals surface area (Å²) in [5, 5.41) is 9.54. The molecule has 8 nitrogen and oxygen atoms in total. The van der Waals surface area contributed by atoms with Crippen LogP contribution in [0.2, 0.25) is 0 Å². The van der Waals surface area contributed by atoms with E-state index < -0.39 is 0 Å². The van der Waals surface area contributed by atoms with Crippen LogP contribution in [-0.2, 0) is 0 Å². The zero-order valence-electron chi connectivity index (χ0n) is 21.8. The molecule has 6 aromatic rings. The van der Waals surface area contributed by atoms with Crippen molar-refractivity contribution >= 4 is 33.4 Å². The van der Waals surface area contributed by atoms with E-state index >= 15 is 0 Å². The number of aryl methyl sites for hydroxylation is 3. The van der Waals surface area contributed by atoms with Crippen LogP contribution in [0.25, 0.3) is 44.2 Å². The number of nitrogens with one attached hydrogen (secondary N) is 2. The Morgan fingerprint density at radius 3 is 2.39 bits per heavy atom. The minimum atomic E-state index is 0.652. The summed E-state index contributed by atoms with van der Waals surface area (Å²) in [6.07, 6.45) is 0. The number of fused-ring (bicyclic) bond motifs is 3. The van der Waals surface area contributed by atoms with Crippen LogP contribution in [0.4, 0.5) is 11.5 Å². The van der Waals surface area contributed by atoms with Crippen molar-refractivity contribution in [1.29, 1.82) is 0 Å². The Labute approximate surface area is 219 Å². The van der Waals surface area contributed by atoms with E-state index in [1.54, 1.807) is 14.2 Å². The van der Waals surface area contributed by atoms with Crippen LogP contribution in [0, 0.1) is 20.8 Å². The van der Waals surface area contributed by atoms with Crippen molar-refractivity contribution in [3.05, 3.63) is 77.9 Å². The lowest BCUT2D eigenvalue weighted by atomic mass is 10.0. The number of aromatic amines is 1. The van der Waals surface area contributed by atoms with Crippen molar-refractivity contribution in [2.45, 2.75) is 20.8 Å². The van der Waals surface area contributed by atoms with Gasteiger partial charge in [-0.15, -0.1) is 0 Å². The summed E-state index contributed by atoms with van der Waals surface area (Å²) in [5.74, 6) is 3.59. The van der Waals surface area contributed by atoms with Crippen LogP contribution in [-0.4, -0.2) is 34.3 Å². The molecule has 8 heteroatoms. The molecule has 0 aliphatic rings. The maximum atomic E-state index is 5.83. The van der Waals surface area contributed by atoms with Crippen molar-refractivity contribution in [2.75, 3.05) is 19.5 Å². The lowest BCUT2D eigenvalue weighted by Gasteiger charge is -2.15. The van der Waals surface area contributed by atoms with Crippen molar-refractivity contribution in [3.63, 3.8) is 0 Å². The summed E-state index contributed by atoms with van der Waals surface area (Å²) in [5.41, 5.74) is 7.28. The van der Waals surface area contributed by atoms with Gasteiger partial charge in [0, 0.05) is 27.7 Å². The summed E-state index contributed by atoms with van der Waals surface area (Å²) in [6.45, 7) is 5.72. The lowest BCUT2D eigenvalue weighted by molar-refractivity contribution is 0.393. The first kappa shape index (κ1) is 23.5. The van der Waals surface area contributed by atoms with Crippen LogP contribution >= 0.6 is 0 Å². The van der Waals surface area contributed by atoms with E-state index in [0.29, 0.717) is 17.4 Å². The molecule has 6 rings (SSSR count). The summed E-state index contributed by atoms with van der Waals surface area (Å²) in [6, 6.07) is 20.3. The Balaban J connectivity index is 1.55. The summed E-state index contributed by atoms with van der Waals surface area (Å²) >= 11 is 0. The van der Waals surface area contributed by atoms with Crippen LogP contribution < -0.4 is 14.8 Å². The molecule has 3 aromatic carbocycles. The van der Waals surface area contributed by atoms with Crippen LogP contribution in [0.15, 0.2) is 65.2 Å². The van der Waals surface area contributed by atoms with Gasteiger partial charge in [-0.25, -0.2) is 9.97 Å². The highest BCUT2D eigenvalue weighted by Gasteiger charge is 2.21. The van der Waals surface area contributed by atoms with Gasteiger partial charge < -0.3 is 24.3 Å². The number of hydrogen-bond donors (Lipinski definition) is 2. The molecular weight excluding hydrogens is 478 g/mol. The Hall–Kier alpha value is -4.85. The smallest absolute Gasteiger partial charge is 0.144 e. The Kier molecular flexibility index (Phi) is 5.72. The highest BCUT2D eigenvalue weighted by atomic mass is 16.5. The van der Waals surface area contributed by atoms with E-state index in [-0.39, 0.29) is 0 Å². The van der Waals surface area contributed by atoms with Gasteiger partial charge in [0.2, 0.25) is 0 Å². The second-order valence-corrected chi connectivity index (χ2v) is 9.17. The summed E-state index contributed by atoms with van der Waals surface area (Å²) < 4.78 is 16.8. The topological polar surface area (TPSA) is 98.1 Å². The van der Waals surface area contributed by atoms with E-state index in [1.807, 2.05) is 63.2 Å². The quantitative estimate of drug-likeness (QED) is 0.249. The Bertz CT molecular complexity index is 1780. The number of methoxy groups -OCH3 is 2. The highest BCUT2D eigenvalue weighted by molar-refractivity contribution is 6.13. The third-order valence-electron chi connectivity index (χ3n) is 6.75. The van der Waals surface area contributed by atoms with Gasteiger partial charge in [-0.05, 0) is 56.7 Å². The normalized spacial score (nSPS) is 11.3. The average Bonchev–Trinajstić information content (AvgIpc) is 3.46. The fourth-order valence-corrected chi connectivity index (χ4v) is 5.00. The molecule has 3 heterocycles. The molecule has 0 radical (unpaired) electrons. The molecule has 0 amide bonds. The predicted octanol–water partition coefficient (Wildman–Crippen LogP) is 7.12. The lowest BCUT2D eigenvalue weighted by Crippen LogP contribution is -2.00. The van der Waals surface area contributed by atoms with Crippen molar-refractivity contribution < 1.29 is 14.0 Å². The van der Waals surface area contributed by atoms with E-state index in [1.165, 1.54) is 0 Å². The fourth-order valence-electron chi connectivity index (χ4n) is 5.00. The van der Waals surface area contributed by atoms with Gasteiger partial charge in [0.25, 0.3) is 0 Å². The molecule has 0 saturated carbocycles. The van der Waals surface area contributed by atoms with Crippen LogP contribution in [0.5, 0.6) is 11.5 Å². The van der Waals surface area contributed by atoms with Gasteiger partial charge in [-0.3, -0.25) is 0 Å². The van der Waals surface area contributed by atoms with Gasteiger partial charge in [0.15, 0.2) is 0 Å². The van der Waals surface area contributed by atoms with Gasteiger partial charge in [0.05, 0.1) is 30.9 Å². The largest absolute Gasteiger partial charge is 0.497 e. The average molecular weight is 506 g/mol. The molecule has 0 unspecified atom stereocenters. The molecule has 0 aliphatic heterocycles. The second kappa shape index (κ2) is 9.23. The molecule has 38 heavy (non-hydrogen) atoms. The number of benzene rings is 3. The van der Waals surface area contributed by atoms with Gasteiger partial charge in [-0.2, -0.15) is 0 Å². The third-order valence-corrected chi connectivity index (χ3v) is 6.75. The maximum absolute atomic E-state index is 5.83. The fraction of sp³-hybridized carbons (Fsp3) is 0.167. The van der Waals surface area contributed by atoms with Gasteiger partial charge >= 0.3 is 0 Å². The van der Waals surface area contributed by atoms with Gasteiger partial charge in [-0.1, -0.05) is 35.5 Å². The number of anilines is 2. The first-order chi connectivity index (χ1) is 18.5. The number of nitrogens with zero attached hydrogens (tertiary/aromatic N) is 3.